The van der Waals surface area contributed by atoms with Gasteiger partial charge >= 0.3 is 12.1 Å². The topological polar surface area (TPSA) is 124 Å². The molecule has 45 heavy (non-hydrogen) atoms. The molecule has 0 unspecified atom stereocenters. The normalized spacial score (nSPS) is 12.4. The Balaban J connectivity index is 1.54. The molecule has 0 radical (unpaired) electrons. The lowest BCUT2D eigenvalue weighted by molar-refractivity contribution is -0.114. The maximum Gasteiger partial charge on any atom is 0.416 e. The van der Waals surface area contributed by atoms with Crippen molar-refractivity contribution in [1.82, 2.24) is 24.5 Å². The Kier molecular flexibility index (Phi) is 7.27. The number of aromatic nitrogens is 5. The number of rotatable bonds is 5. The Bertz CT molecular complexity index is 2000. The molecule has 0 atom stereocenters. The molecule has 0 spiro atoms. The minimum absolute atomic E-state index is 0.137. The fraction of sp³-hybridized carbons (Fsp3) is 0.212. The third kappa shape index (κ3) is 5.69. The highest BCUT2D eigenvalue weighted by molar-refractivity contribution is 6.12. The third-order valence-corrected chi connectivity index (χ3v) is 7.14. The number of fused-ring (bicyclic) bond motifs is 2. The summed E-state index contributed by atoms with van der Waals surface area (Å²) in [5.41, 5.74) is 5.01. The van der Waals surface area contributed by atoms with Crippen LogP contribution < -0.4 is 15.0 Å². The number of nitrogens with zero attached hydrogens (tertiary/aromatic N) is 6. The van der Waals surface area contributed by atoms with Gasteiger partial charge in [0.1, 0.15) is 23.3 Å². The van der Waals surface area contributed by atoms with E-state index >= 15 is 0 Å². The zero-order valence-corrected chi connectivity index (χ0v) is 25.4. The zero-order valence-electron chi connectivity index (χ0n) is 25.4. The zero-order chi connectivity index (χ0) is 32.0. The molecule has 2 amide bonds. The second kappa shape index (κ2) is 11.1. The highest BCUT2D eigenvalue weighted by atomic mass is 19.1. The van der Waals surface area contributed by atoms with E-state index in [-0.39, 0.29) is 12.6 Å². The van der Waals surface area contributed by atoms with E-state index in [2.05, 4.69) is 31.8 Å². The molecular formula is C33H30FN7O4. The molecule has 1 N–H and O–H groups in total. The smallest absolute Gasteiger partial charge is 0.416 e. The molecule has 0 bridgehead atoms. The molecule has 6 rings (SSSR count). The van der Waals surface area contributed by atoms with E-state index in [9.17, 15) is 14.0 Å². The maximum atomic E-state index is 13.7. The van der Waals surface area contributed by atoms with Crippen LogP contribution in [-0.4, -0.2) is 42.1 Å². The fourth-order valence-corrected chi connectivity index (χ4v) is 5.25. The van der Waals surface area contributed by atoms with Crippen LogP contribution >= 0.6 is 0 Å². The van der Waals surface area contributed by atoms with E-state index in [0.717, 1.165) is 33.6 Å². The summed E-state index contributed by atoms with van der Waals surface area (Å²) in [5.74, 6) is -1.10. The number of benzene rings is 2. The van der Waals surface area contributed by atoms with Crippen molar-refractivity contribution >= 4 is 34.5 Å². The number of nitrogens with one attached hydrogen (secondary N) is 1. The molecule has 5 aromatic rings. The number of hydrogen-bond acceptors (Lipinski definition) is 8. The van der Waals surface area contributed by atoms with Crippen molar-refractivity contribution in [2.75, 3.05) is 10.2 Å². The molecule has 4 heterocycles. The summed E-state index contributed by atoms with van der Waals surface area (Å²) in [6.07, 6.45) is 2.48. The van der Waals surface area contributed by atoms with Crippen LogP contribution in [0.5, 0.6) is 11.8 Å². The summed E-state index contributed by atoms with van der Waals surface area (Å²) in [5, 5.41) is 3.15. The van der Waals surface area contributed by atoms with Gasteiger partial charge in [-0.15, -0.1) is 0 Å². The van der Waals surface area contributed by atoms with Gasteiger partial charge in [-0.05, 0) is 74.7 Å². The van der Waals surface area contributed by atoms with E-state index in [1.807, 2.05) is 69.6 Å². The van der Waals surface area contributed by atoms with Gasteiger partial charge in [-0.3, -0.25) is 9.69 Å². The number of carbonyl (C=O) groups excluding carboxylic acids is 2. The quantitative estimate of drug-likeness (QED) is 0.215. The molecule has 0 aliphatic carbocycles. The Morgan fingerprint density at radius 1 is 1.04 bits per heavy atom. The van der Waals surface area contributed by atoms with Crippen molar-refractivity contribution < 1.29 is 23.5 Å². The van der Waals surface area contributed by atoms with Crippen molar-refractivity contribution in [3.05, 3.63) is 84.7 Å². The molecule has 12 heteroatoms. The van der Waals surface area contributed by atoms with Gasteiger partial charge in [-0.1, -0.05) is 24.8 Å². The van der Waals surface area contributed by atoms with Gasteiger partial charge in [0.05, 0.1) is 17.6 Å². The van der Waals surface area contributed by atoms with E-state index in [0.29, 0.717) is 28.3 Å². The number of halogens is 1. The third-order valence-electron chi connectivity index (χ3n) is 7.14. The van der Waals surface area contributed by atoms with Crippen molar-refractivity contribution in [2.24, 2.45) is 7.05 Å². The van der Waals surface area contributed by atoms with Crippen LogP contribution in [0.2, 0.25) is 0 Å². The largest absolute Gasteiger partial charge is 0.443 e. The van der Waals surface area contributed by atoms with Crippen LogP contribution in [0.4, 0.5) is 20.7 Å². The van der Waals surface area contributed by atoms with E-state index in [1.165, 1.54) is 11.2 Å². The predicted octanol–water partition coefficient (Wildman–Crippen LogP) is 6.87. The molecule has 0 saturated carbocycles. The lowest BCUT2D eigenvalue weighted by Crippen LogP contribution is -2.37. The van der Waals surface area contributed by atoms with Crippen molar-refractivity contribution in [3.8, 4) is 34.1 Å². The molecule has 11 nitrogen and oxygen atoms in total. The summed E-state index contributed by atoms with van der Waals surface area (Å²) in [6, 6.07) is 14.6. The fourth-order valence-electron chi connectivity index (χ4n) is 5.25. The lowest BCUT2D eigenvalue weighted by Gasteiger charge is -2.26. The van der Waals surface area contributed by atoms with Gasteiger partial charge in [0.25, 0.3) is 5.91 Å². The van der Waals surface area contributed by atoms with Crippen LogP contribution in [0.15, 0.2) is 73.5 Å². The van der Waals surface area contributed by atoms with E-state index in [1.54, 1.807) is 24.4 Å². The standard InChI is InChI=1S/C33H30FN7O4/c1-18-13-14-35-31(38-18)44-23-11-12-24-21(15-23)16-41(32(43)45-33(3,4)5)29-26-25(24)27(40(6)28(26)36-17-37-29)20-7-9-22(10-8-20)39-30(42)19(2)34/h7-15,17H,2,16H2,1,3-6H3,(H,39,42). The Morgan fingerprint density at radius 2 is 1.80 bits per heavy atom. The van der Waals surface area contributed by atoms with Crippen molar-refractivity contribution in [2.45, 2.75) is 39.8 Å². The molecule has 0 saturated heterocycles. The number of anilines is 2. The summed E-state index contributed by atoms with van der Waals surface area (Å²) >= 11 is 0. The summed E-state index contributed by atoms with van der Waals surface area (Å²) in [7, 11) is 1.88. The number of ether oxygens (including phenoxy) is 2. The van der Waals surface area contributed by atoms with Gasteiger partial charge in [-0.2, -0.15) is 0 Å². The molecule has 2 aromatic carbocycles. The van der Waals surface area contributed by atoms with Gasteiger partial charge in [0.2, 0.25) is 0 Å². The highest BCUT2D eigenvalue weighted by Gasteiger charge is 2.34. The minimum Gasteiger partial charge on any atom is -0.443 e. The summed E-state index contributed by atoms with van der Waals surface area (Å²) in [4.78, 5) is 44.8. The van der Waals surface area contributed by atoms with Gasteiger partial charge in [0, 0.05) is 30.2 Å². The molecule has 3 aromatic heterocycles. The van der Waals surface area contributed by atoms with Gasteiger partial charge in [-0.25, -0.2) is 29.1 Å². The molecule has 1 aliphatic heterocycles. The predicted molar refractivity (Wildman–Crippen MR) is 168 cm³/mol. The van der Waals surface area contributed by atoms with Crippen LogP contribution in [0, 0.1) is 6.92 Å². The first-order valence-corrected chi connectivity index (χ1v) is 14.1. The molecule has 0 fully saturated rings. The second-order valence-electron chi connectivity index (χ2n) is 11.6. The van der Waals surface area contributed by atoms with Crippen LogP contribution in [0.25, 0.3) is 33.4 Å². The first-order valence-electron chi connectivity index (χ1n) is 14.1. The first kappa shape index (κ1) is 29.4. The summed E-state index contributed by atoms with van der Waals surface area (Å²) < 4.78 is 27.1. The number of hydrogen-bond donors (Lipinski definition) is 1. The number of amides is 2. The maximum absolute atomic E-state index is 13.7. The van der Waals surface area contributed by atoms with Gasteiger partial charge < -0.3 is 19.4 Å². The Hall–Kier alpha value is -5.65. The highest BCUT2D eigenvalue weighted by Crippen LogP contribution is 2.47. The number of carbonyl (C=O) groups is 2. The molecule has 228 valence electrons. The van der Waals surface area contributed by atoms with E-state index in [4.69, 9.17) is 9.47 Å². The van der Waals surface area contributed by atoms with Crippen LogP contribution in [0.1, 0.15) is 32.0 Å². The molecular weight excluding hydrogens is 577 g/mol. The first-order chi connectivity index (χ1) is 21.4. The molecule has 1 aliphatic rings. The Labute approximate surface area is 258 Å². The SMILES string of the molecule is C=C(F)C(=O)Nc1ccc(-c2c3c4c(ncnc4n2C)N(C(=O)OC(C)(C)C)Cc2cc(Oc4nccc(C)n4)ccc2-3)cc1. The second-order valence-corrected chi connectivity index (χ2v) is 11.6. The Morgan fingerprint density at radius 3 is 2.49 bits per heavy atom. The van der Waals surface area contributed by atoms with Crippen molar-refractivity contribution in [1.29, 1.82) is 0 Å². The number of aryl methyl sites for hydroxylation is 2. The average molecular weight is 608 g/mol. The van der Waals surface area contributed by atoms with E-state index < -0.39 is 23.4 Å². The van der Waals surface area contributed by atoms with Crippen LogP contribution in [0.3, 0.4) is 0 Å². The average Bonchev–Trinajstić information content (AvgIpc) is 3.18. The lowest BCUT2D eigenvalue weighted by atomic mass is 9.95. The van der Waals surface area contributed by atoms with Crippen LogP contribution in [-0.2, 0) is 23.1 Å². The summed E-state index contributed by atoms with van der Waals surface area (Å²) in [6.45, 7) is 10.5. The van der Waals surface area contributed by atoms with Crippen molar-refractivity contribution in [3.63, 3.8) is 0 Å². The van der Waals surface area contributed by atoms with Gasteiger partial charge in [0.15, 0.2) is 11.6 Å². The monoisotopic (exact) mass is 607 g/mol. The minimum atomic E-state index is -1.08.